The molecule has 9 nitrogen and oxygen atoms in total. The lowest BCUT2D eigenvalue weighted by Crippen LogP contribution is -2.34. The summed E-state index contributed by atoms with van der Waals surface area (Å²) in [5, 5.41) is 11.5. The zero-order valence-corrected chi connectivity index (χ0v) is 19.8. The fourth-order valence-electron chi connectivity index (χ4n) is 3.01. The lowest BCUT2D eigenvalue weighted by molar-refractivity contribution is -0.384. The Bertz CT molecular complexity index is 1010. The predicted molar refractivity (Wildman–Crippen MR) is 121 cm³/mol. The predicted octanol–water partition coefficient (Wildman–Crippen LogP) is 5.67. The van der Waals surface area contributed by atoms with Crippen LogP contribution in [-0.4, -0.2) is 37.6 Å². The van der Waals surface area contributed by atoms with Crippen molar-refractivity contribution in [3.63, 3.8) is 0 Å². The molecule has 0 saturated heterocycles. The van der Waals surface area contributed by atoms with Crippen LogP contribution in [0.1, 0.15) is 37.5 Å². The number of carbonyl (C=O) groups excluding carboxylic acids is 1. The van der Waals surface area contributed by atoms with E-state index in [0.717, 1.165) is 21.6 Å². The molecule has 0 aromatic heterocycles. The van der Waals surface area contributed by atoms with Crippen LogP contribution in [0.2, 0.25) is 0 Å². The van der Waals surface area contributed by atoms with Crippen molar-refractivity contribution >= 4 is 17.5 Å². The van der Waals surface area contributed by atoms with Crippen molar-refractivity contribution in [2.45, 2.75) is 47.1 Å². The van der Waals surface area contributed by atoms with E-state index in [9.17, 15) is 14.9 Å². The second kappa shape index (κ2) is 9.86. The van der Waals surface area contributed by atoms with Crippen LogP contribution in [0.5, 0.6) is 17.2 Å². The summed E-state index contributed by atoms with van der Waals surface area (Å²) in [4.78, 5) is 24.6. The molecule has 9 heteroatoms. The molecule has 174 valence electrons. The number of benzene rings is 2. The van der Waals surface area contributed by atoms with Gasteiger partial charge in [-0.1, -0.05) is 0 Å². The first-order valence-electron chi connectivity index (χ1n) is 10.0. The quantitative estimate of drug-likeness (QED) is 0.307. The van der Waals surface area contributed by atoms with Crippen molar-refractivity contribution < 1.29 is 28.7 Å². The number of amides is 1. The van der Waals surface area contributed by atoms with E-state index in [-0.39, 0.29) is 18.2 Å². The maximum atomic E-state index is 12.5. The Morgan fingerprint density at radius 1 is 1.12 bits per heavy atom. The van der Waals surface area contributed by atoms with Gasteiger partial charge in [-0.3, -0.25) is 15.0 Å². The number of anilines is 1. The van der Waals surface area contributed by atoms with Crippen LogP contribution in [-0.2, 0) is 9.47 Å². The Morgan fingerprint density at radius 3 is 2.34 bits per heavy atom. The molecule has 0 aliphatic rings. The number of methoxy groups -OCH3 is 1. The van der Waals surface area contributed by atoms with E-state index >= 15 is 0 Å². The van der Waals surface area contributed by atoms with Gasteiger partial charge >= 0.3 is 6.09 Å². The molecule has 32 heavy (non-hydrogen) atoms. The minimum atomic E-state index is -0.743. The van der Waals surface area contributed by atoms with Gasteiger partial charge in [-0.2, -0.15) is 0 Å². The number of nitro groups is 1. The Labute approximate surface area is 188 Å². The highest BCUT2D eigenvalue weighted by Gasteiger charge is 2.27. The zero-order valence-electron chi connectivity index (χ0n) is 19.8. The SMILES string of the molecule is COCOc1c(C)cc(Oc2ccc([N+](=O)[O-])c(N(C)C(=O)OC(C)(C)C)c2)c(C)c1C. The molecule has 0 N–H and O–H groups in total. The summed E-state index contributed by atoms with van der Waals surface area (Å²) >= 11 is 0. The van der Waals surface area contributed by atoms with Crippen LogP contribution in [0.25, 0.3) is 0 Å². The molecule has 0 heterocycles. The molecule has 2 rings (SSSR count). The molecular formula is C23H30N2O7. The minimum absolute atomic E-state index is 0.0629. The number of ether oxygens (including phenoxy) is 4. The second-order valence-corrected chi connectivity index (χ2v) is 8.37. The van der Waals surface area contributed by atoms with Gasteiger partial charge in [0.2, 0.25) is 0 Å². The number of rotatable bonds is 7. The van der Waals surface area contributed by atoms with Gasteiger partial charge in [0.15, 0.2) is 6.79 Å². The van der Waals surface area contributed by atoms with Gasteiger partial charge in [-0.05, 0) is 70.4 Å². The summed E-state index contributed by atoms with van der Waals surface area (Å²) in [6, 6.07) is 6.06. The smallest absolute Gasteiger partial charge is 0.414 e. The maximum Gasteiger partial charge on any atom is 0.414 e. The number of hydrogen-bond donors (Lipinski definition) is 0. The summed E-state index contributed by atoms with van der Waals surface area (Å²) in [5.41, 5.74) is 1.68. The van der Waals surface area contributed by atoms with E-state index in [1.165, 1.54) is 25.2 Å². The van der Waals surface area contributed by atoms with E-state index in [1.54, 1.807) is 27.9 Å². The largest absolute Gasteiger partial charge is 0.467 e. The van der Waals surface area contributed by atoms with Crippen LogP contribution in [0, 0.1) is 30.9 Å². The fourth-order valence-corrected chi connectivity index (χ4v) is 3.01. The lowest BCUT2D eigenvalue weighted by Gasteiger charge is -2.24. The zero-order chi connectivity index (χ0) is 24.2. The third kappa shape index (κ3) is 5.88. The number of carbonyl (C=O) groups is 1. The molecule has 0 fully saturated rings. The summed E-state index contributed by atoms with van der Waals surface area (Å²) in [7, 11) is 2.97. The molecule has 1 amide bonds. The van der Waals surface area contributed by atoms with E-state index in [1.807, 2.05) is 26.8 Å². The van der Waals surface area contributed by atoms with Crippen LogP contribution in [0.15, 0.2) is 24.3 Å². The molecule has 2 aromatic rings. The third-order valence-electron chi connectivity index (χ3n) is 4.70. The Kier molecular flexibility index (Phi) is 7.69. The molecule has 0 atom stereocenters. The molecule has 0 spiro atoms. The first-order valence-corrected chi connectivity index (χ1v) is 10.0. The summed E-state index contributed by atoms with van der Waals surface area (Å²) in [5.74, 6) is 1.63. The topological polar surface area (TPSA) is 100 Å². The van der Waals surface area contributed by atoms with Crippen molar-refractivity contribution in [3.8, 4) is 17.2 Å². The van der Waals surface area contributed by atoms with Gasteiger partial charge in [0, 0.05) is 26.3 Å². The van der Waals surface area contributed by atoms with Gasteiger partial charge in [0.25, 0.3) is 5.69 Å². The first-order chi connectivity index (χ1) is 14.9. The standard InChI is InChI=1S/C23H30N2O7/c1-14-11-20(15(2)16(3)21(14)30-13-29-8)31-17-9-10-18(25(27)28)19(12-17)24(7)22(26)32-23(4,5)6/h9-12H,13H2,1-8H3. The van der Waals surface area contributed by atoms with Crippen LogP contribution in [0.4, 0.5) is 16.2 Å². The van der Waals surface area contributed by atoms with Gasteiger partial charge < -0.3 is 18.9 Å². The Morgan fingerprint density at radius 2 is 1.78 bits per heavy atom. The average Bonchev–Trinajstić information content (AvgIpc) is 2.69. The van der Waals surface area contributed by atoms with Gasteiger partial charge in [-0.25, -0.2) is 4.79 Å². The van der Waals surface area contributed by atoms with E-state index in [4.69, 9.17) is 18.9 Å². The highest BCUT2D eigenvalue weighted by Crippen LogP contribution is 2.38. The molecule has 0 aliphatic carbocycles. The summed E-state index contributed by atoms with van der Waals surface area (Å²) < 4.78 is 22.0. The molecule has 0 saturated carbocycles. The van der Waals surface area contributed by atoms with E-state index < -0.39 is 16.6 Å². The van der Waals surface area contributed by atoms with Crippen molar-refractivity contribution in [1.29, 1.82) is 0 Å². The fraction of sp³-hybridized carbons (Fsp3) is 0.435. The minimum Gasteiger partial charge on any atom is -0.467 e. The molecule has 0 aliphatic heterocycles. The monoisotopic (exact) mass is 446 g/mol. The normalized spacial score (nSPS) is 11.1. The number of nitro benzene ring substituents is 1. The molecule has 0 radical (unpaired) electrons. The van der Waals surface area contributed by atoms with Gasteiger partial charge in [-0.15, -0.1) is 0 Å². The molecule has 0 unspecified atom stereocenters. The number of aryl methyl sites for hydroxylation is 1. The van der Waals surface area contributed by atoms with Crippen LogP contribution < -0.4 is 14.4 Å². The third-order valence-corrected chi connectivity index (χ3v) is 4.70. The van der Waals surface area contributed by atoms with Crippen molar-refractivity contribution in [2.75, 3.05) is 25.9 Å². The maximum absolute atomic E-state index is 12.5. The highest BCUT2D eigenvalue weighted by molar-refractivity contribution is 5.90. The van der Waals surface area contributed by atoms with Gasteiger partial charge in [0.05, 0.1) is 4.92 Å². The lowest BCUT2D eigenvalue weighted by atomic mass is 10.0. The second-order valence-electron chi connectivity index (χ2n) is 8.37. The molecular weight excluding hydrogens is 416 g/mol. The van der Waals surface area contributed by atoms with Crippen molar-refractivity contribution in [3.05, 3.63) is 51.1 Å². The summed E-state index contributed by atoms with van der Waals surface area (Å²) in [6.45, 7) is 11.0. The first kappa shape index (κ1) is 24.9. The van der Waals surface area contributed by atoms with E-state index in [2.05, 4.69) is 0 Å². The molecule has 0 bridgehead atoms. The van der Waals surface area contributed by atoms with Crippen LogP contribution >= 0.6 is 0 Å². The number of nitrogens with zero attached hydrogens (tertiary/aromatic N) is 2. The highest BCUT2D eigenvalue weighted by atomic mass is 16.7. The van der Waals surface area contributed by atoms with Crippen molar-refractivity contribution in [1.82, 2.24) is 0 Å². The Hall–Kier alpha value is -3.33. The number of hydrogen-bond acceptors (Lipinski definition) is 7. The Balaban J connectivity index is 2.43. The summed E-state index contributed by atoms with van der Waals surface area (Å²) in [6.07, 6.45) is -0.708. The molecule has 2 aromatic carbocycles. The average molecular weight is 447 g/mol. The van der Waals surface area contributed by atoms with Crippen molar-refractivity contribution in [2.24, 2.45) is 0 Å². The van der Waals surface area contributed by atoms with Crippen LogP contribution in [0.3, 0.4) is 0 Å². The van der Waals surface area contributed by atoms with Gasteiger partial charge in [0.1, 0.15) is 28.5 Å². The van der Waals surface area contributed by atoms with E-state index in [0.29, 0.717) is 17.2 Å².